The van der Waals surface area contributed by atoms with E-state index in [9.17, 15) is 0 Å². The summed E-state index contributed by atoms with van der Waals surface area (Å²) in [6, 6.07) is 97.7. The number of rotatable bonds is 8. The van der Waals surface area contributed by atoms with Crippen molar-refractivity contribution < 1.29 is 4.74 Å². The first-order valence-electron chi connectivity index (χ1n) is 24.0. The lowest BCUT2D eigenvalue weighted by molar-refractivity contribution is 0.222. The highest BCUT2D eigenvalue weighted by atomic mass is 16.5. The summed E-state index contributed by atoms with van der Waals surface area (Å²) in [6.45, 7) is 0. The van der Waals surface area contributed by atoms with E-state index in [0.29, 0.717) is 0 Å². The van der Waals surface area contributed by atoms with Crippen LogP contribution in [-0.2, 0) is 0 Å². The second-order valence-electron chi connectivity index (χ2n) is 18.3. The van der Waals surface area contributed by atoms with Crippen LogP contribution in [0.1, 0.15) is 28.7 Å². The second kappa shape index (κ2) is 17.1. The zero-order chi connectivity index (χ0) is 45.7. The maximum absolute atomic E-state index is 6.77. The van der Waals surface area contributed by atoms with Crippen LogP contribution in [0.2, 0.25) is 0 Å². The largest absolute Gasteiger partial charge is 0.484 e. The van der Waals surface area contributed by atoms with E-state index in [4.69, 9.17) is 4.74 Å². The lowest BCUT2D eigenvalue weighted by Crippen LogP contribution is -2.11. The van der Waals surface area contributed by atoms with Crippen molar-refractivity contribution in [1.29, 1.82) is 0 Å². The Hall–Kier alpha value is -8.78. The van der Waals surface area contributed by atoms with Gasteiger partial charge in [-0.3, -0.25) is 0 Å². The van der Waals surface area contributed by atoms with Crippen molar-refractivity contribution in [3.05, 3.63) is 284 Å². The molecule has 1 aliphatic rings. The van der Waals surface area contributed by atoms with E-state index in [2.05, 4.69) is 267 Å². The molecule has 2 unspecified atom stereocenters. The fourth-order valence-corrected chi connectivity index (χ4v) is 10.9. The molecule has 0 spiro atoms. The van der Waals surface area contributed by atoms with E-state index in [1.807, 2.05) is 0 Å². The van der Waals surface area contributed by atoms with Gasteiger partial charge in [-0.1, -0.05) is 231 Å². The third-order valence-electron chi connectivity index (χ3n) is 14.3. The number of hydrogen-bond donors (Lipinski definition) is 0. The molecule has 1 heterocycles. The van der Waals surface area contributed by atoms with Crippen LogP contribution in [0.5, 0.6) is 5.75 Å². The van der Waals surface area contributed by atoms with Gasteiger partial charge in [-0.25, -0.2) is 0 Å². The Labute approximate surface area is 403 Å². The molecule has 12 aromatic rings. The van der Waals surface area contributed by atoms with Gasteiger partial charge in [0.05, 0.1) is 5.92 Å². The highest BCUT2D eigenvalue weighted by molar-refractivity contribution is 6.22. The third kappa shape index (κ3) is 7.37. The van der Waals surface area contributed by atoms with Crippen molar-refractivity contribution in [2.75, 3.05) is 0 Å². The molecule has 13 rings (SSSR count). The number of benzene rings is 12. The third-order valence-corrected chi connectivity index (χ3v) is 14.3. The monoisotopic (exact) mass is 878 g/mol. The summed E-state index contributed by atoms with van der Waals surface area (Å²) < 4.78 is 6.77. The molecule has 1 aliphatic heterocycles. The van der Waals surface area contributed by atoms with Gasteiger partial charge in [-0.05, 0) is 147 Å². The van der Waals surface area contributed by atoms with Gasteiger partial charge in [0, 0.05) is 5.56 Å². The summed E-state index contributed by atoms with van der Waals surface area (Å²) in [5, 5.41) is 7.38. The van der Waals surface area contributed by atoms with Gasteiger partial charge in [-0.2, -0.15) is 0 Å². The molecule has 1 nitrogen and oxygen atoms in total. The molecule has 0 N–H and O–H groups in total. The van der Waals surface area contributed by atoms with E-state index in [-0.39, 0.29) is 12.0 Å². The highest BCUT2D eigenvalue weighted by Crippen LogP contribution is 2.51. The second-order valence-corrected chi connectivity index (χ2v) is 18.3. The Morgan fingerprint density at radius 2 is 0.681 bits per heavy atom. The maximum Gasteiger partial charge on any atom is 0.135 e. The van der Waals surface area contributed by atoms with Crippen LogP contribution < -0.4 is 4.74 Å². The minimum Gasteiger partial charge on any atom is -0.484 e. The molecule has 0 saturated carbocycles. The van der Waals surface area contributed by atoms with E-state index >= 15 is 0 Å². The Bertz CT molecular complexity index is 3840. The van der Waals surface area contributed by atoms with Crippen molar-refractivity contribution in [3.8, 4) is 72.5 Å². The maximum atomic E-state index is 6.77. The lowest BCUT2D eigenvalue weighted by Gasteiger charge is -2.20. The molecule has 1 heteroatoms. The number of ether oxygens (including phenoxy) is 1. The molecule has 0 saturated heterocycles. The van der Waals surface area contributed by atoms with Gasteiger partial charge in [0.2, 0.25) is 0 Å². The van der Waals surface area contributed by atoms with Crippen molar-refractivity contribution >= 4 is 32.3 Å². The van der Waals surface area contributed by atoms with Gasteiger partial charge in [-0.15, -0.1) is 0 Å². The van der Waals surface area contributed by atoms with Crippen molar-refractivity contribution in [3.63, 3.8) is 0 Å². The minimum atomic E-state index is -0.102. The zero-order valence-corrected chi connectivity index (χ0v) is 38.0. The number of hydrogen-bond acceptors (Lipinski definition) is 1. The Morgan fingerprint density at radius 3 is 1.33 bits per heavy atom. The van der Waals surface area contributed by atoms with Gasteiger partial charge in [0.1, 0.15) is 11.9 Å². The number of fused-ring (bicyclic) bond motifs is 4. The van der Waals surface area contributed by atoms with Crippen molar-refractivity contribution in [1.82, 2.24) is 0 Å². The van der Waals surface area contributed by atoms with Gasteiger partial charge >= 0.3 is 0 Å². The first-order valence-corrected chi connectivity index (χ1v) is 24.0. The summed E-state index contributed by atoms with van der Waals surface area (Å²) in [5.41, 5.74) is 18.0. The van der Waals surface area contributed by atoms with Crippen molar-refractivity contribution in [2.24, 2.45) is 0 Å². The predicted molar refractivity (Wildman–Crippen MR) is 290 cm³/mol. The quantitative estimate of drug-likeness (QED) is 0.138. The summed E-state index contributed by atoms with van der Waals surface area (Å²) in [4.78, 5) is 0. The van der Waals surface area contributed by atoms with E-state index < -0.39 is 0 Å². The zero-order valence-electron chi connectivity index (χ0n) is 38.0. The molecule has 0 aromatic heterocycles. The molecule has 0 bridgehead atoms. The molecule has 12 aromatic carbocycles. The molecular weight excluding hydrogens is 833 g/mol. The van der Waals surface area contributed by atoms with E-state index in [1.165, 1.54) is 116 Å². The van der Waals surface area contributed by atoms with Crippen LogP contribution in [0.25, 0.3) is 99.1 Å². The lowest BCUT2D eigenvalue weighted by atomic mass is 9.83. The fraction of sp³-hybridized carbons (Fsp3) is 0.0294. The van der Waals surface area contributed by atoms with Gasteiger partial charge in [0.25, 0.3) is 0 Å². The minimum absolute atomic E-state index is 0.0759. The Balaban J connectivity index is 0.991. The molecule has 324 valence electrons. The fourth-order valence-electron chi connectivity index (χ4n) is 10.9. The standard InChI is InChI=1S/C68H46O/c1-5-16-45(17-6-1)55-35-38-60-61(42-55)65(50-31-28-48(29-32-50)57-36-39-64-63(44-57)67(49-21-9-3-10-22-49)68(69-64)51-23-11-4-12-24-51)59-37-34-56(46-18-7-2-8-19-46)43-62(59)66(60)58-27-15-26-53(41-58)54-33-30-47-20-13-14-25-52(47)40-54/h1-44,67-68H. The summed E-state index contributed by atoms with van der Waals surface area (Å²) in [5.74, 6) is 1.02. The Morgan fingerprint density at radius 1 is 0.246 bits per heavy atom. The van der Waals surface area contributed by atoms with Crippen LogP contribution >= 0.6 is 0 Å². The molecule has 0 aliphatic carbocycles. The molecule has 0 fully saturated rings. The van der Waals surface area contributed by atoms with Crippen LogP contribution in [-0.4, -0.2) is 0 Å². The van der Waals surface area contributed by atoms with Gasteiger partial charge in [0.15, 0.2) is 0 Å². The molecular formula is C68H46O. The normalized spacial score (nSPS) is 14.2. The van der Waals surface area contributed by atoms with Gasteiger partial charge < -0.3 is 4.74 Å². The topological polar surface area (TPSA) is 9.23 Å². The molecule has 2 atom stereocenters. The smallest absolute Gasteiger partial charge is 0.135 e. The average Bonchev–Trinajstić information content (AvgIpc) is 3.82. The Kier molecular flexibility index (Phi) is 10.1. The first kappa shape index (κ1) is 40.5. The average molecular weight is 879 g/mol. The summed E-state index contributed by atoms with van der Waals surface area (Å²) in [6.07, 6.45) is -0.102. The van der Waals surface area contributed by atoms with Crippen molar-refractivity contribution in [2.45, 2.75) is 12.0 Å². The SMILES string of the molecule is c1ccc(-c2ccc3c(-c4cccc(-c5ccc6ccccc6c5)c4)c4cc(-c5ccccc5)ccc4c(-c4ccc(-c5ccc6c(c5)C(c5ccccc5)C(c5ccccc5)O6)cc4)c3c2)cc1. The van der Waals surface area contributed by atoms with E-state index in [0.717, 1.165) is 5.75 Å². The van der Waals surface area contributed by atoms with Crippen LogP contribution in [0, 0.1) is 0 Å². The molecule has 0 radical (unpaired) electrons. The predicted octanol–water partition coefficient (Wildman–Crippen LogP) is 18.4. The summed E-state index contributed by atoms with van der Waals surface area (Å²) >= 11 is 0. The van der Waals surface area contributed by atoms with E-state index in [1.54, 1.807) is 0 Å². The summed E-state index contributed by atoms with van der Waals surface area (Å²) in [7, 11) is 0. The molecule has 69 heavy (non-hydrogen) atoms. The highest BCUT2D eigenvalue weighted by Gasteiger charge is 2.37. The van der Waals surface area contributed by atoms with Crippen LogP contribution in [0.4, 0.5) is 0 Å². The van der Waals surface area contributed by atoms with Crippen LogP contribution in [0.3, 0.4) is 0 Å². The first-order chi connectivity index (χ1) is 34.2. The van der Waals surface area contributed by atoms with Crippen LogP contribution in [0.15, 0.2) is 267 Å². The molecule has 0 amide bonds.